The molecule has 0 radical (unpaired) electrons. The van der Waals surface area contributed by atoms with Gasteiger partial charge in [-0.2, -0.15) is 21.7 Å². The summed E-state index contributed by atoms with van der Waals surface area (Å²) in [4.78, 5) is 12.7. The Hall–Kier alpha value is -0.840. The maximum atomic E-state index is 5.66. The average Bonchev–Trinajstić information content (AvgIpc) is 2.16. The van der Waals surface area contributed by atoms with Crippen LogP contribution in [-0.4, -0.2) is 20.7 Å². The van der Waals surface area contributed by atoms with Gasteiger partial charge in [0.25, 0.3) is 0 Å². The Balaban J connectivity index is 2.65. The lowest BCUT2D eigenvalue weighted by atomic mass is 10.2. The van der Waals surface area contributed by atoms with Gasteiger partial charge in [0.2, 0.25) is 5.95 Å². The van der Waals surface area contributed by atoms with E-state index in [2.05, 4.69) is 42.6 Å². The third-order valence-electron chi connectivity index (χ3n) is 1.92. The van der Waals surface area contributed by atoms with Gasteiger partial charge in [-0.05, 0) is 11.7 Å². The molecule has 0 saturated heterocycles. The highest BCUT2D eigenvalue weighted by molar-refractivity contribution is 7.98. The van der Waals surface area contributed by atoms with E-state index in [0.29, 0.717) is 17.8 Å². The van der Waals surface area contributed by atoms with E-state index in [1.54, 1.807) is 0 Å². The van der Waals surface area contributed by atoms with Gasteiger partial charge in [0.1, 0.15) is 11.6 Å². The van der Waals surface area contributed by atoms with Crippen LogP contribution >= 0.6 is 11.8 Å². The SMILES string of the molecule is CC(C)CSCc1nc(N)nc(C(C)C)n1. The minimum atomic E-state index is 0.291. The molecule has 0 fully saturated rings. The Morgan fingerprint density at radius 1 is 1.12 bits per heavy atom. The van der Waals surface area contributed by atoms with Crippen LogP contribution in [0.3, 0.4) is 0 Å². The van der Waals surface area contributed by atoms with Crippen molar-refractivity contribution in [3.05, 3.63) is 11.6 Å². The number of anilines is 1. The molecule has 1 heterocycles. The van der Waals surface area contributed by atoms with Crippen LogP contribution in [0, 0.1) is 5.92 Å². The lowest BCUT2D eigenvalue weighted by Crippen LogP contribution is -2.08. The fourth-order valence-corrected chi connectivity index (χ4v) is 2.07. The molecule has 0 unspecified atom stereocenters. The third-order valence-corrected chi connectivity index (χ3v) is 3.28. The standard InChI is InChI=1S/C11H20N4S/c1-7(2)5-16-6-9-13-10(8(3)4)15-11(12)14-9/h7-8H,5-6H2,1-4H3,(H2,12,13,14,15). The minimum absolute atomic E-state index is 0.291. The summed E-state index contributed by atoms with van der Waals surface area (Å²) in [7, 11) is 0. The quantitative estimate of drug-likeness (QED) is 0.856. The second kappa shape index (κ2) is 6.03. The van der Waals surface area contributed by atoms with E-state index in [4.69, 9.17) is 5.73 Å². The number of rotatable bonds is 5. The molecular formula is C11H20N4S. The Kier molecular flexibility index (Phi) is 4.99. The second-order valence-corrected chi connectivity index (χ2v) is 5.56. The molecule has 0 amide bonds. The molecule has 0 aliphatic heterocycles. The normalized spacial score (nSPS) is 11.4. The fraction of sp³-hybridized carbons (Fsp3) is 0.727. The molecule has 0 aliphatic carbocycles. The average molecular weight is 240 g/mol. The van der Waals surface area contributed by atoms with Gasteiger partial charge in [-0.15, -0.1) is 0 Å². The van der Waals surface area contributed by atoms with E-state index in [1.807, 2.05) is 11.8 Å². The van der Waals surface area contributed by atoms with Crippen LogP contribution in [0.5, 0.6) is 0 Å². The second-order valence-electron chi connectivity index (χ2n) is 4.53. The van der Waals surface area contributed by atoms with Crippen LogP contribution in [0.15, 0.2) is 0 Å². The molecule has 0 spiro atoms. The van der Waals surface area contributed by atoms with Crippen molar-refractivity contribution in [1.29, 1.82) is 0 Å². The van der Waals surface area contributed by atoms with Crippen LogP contribution in [0.1, 0.15) is 45.3 Å². The largest absolute Gasteiger partial charge is 0.368 e. The monoisotopic (exact) mass is 240 g/mol. The molecule has 90 valence electrons. The van der Waals surface area contributed by atoms with Gasteiger partial charge in [0, 0.05) is 5.92 Å². The molecule has 4 nitrogen and oxygen atoms in total. The van der Waals surface area contributed by atoms with E-state index in [9.17, 15) is 0 Å². The van der Waals surface area contributed by atoms with Crippen molar-refractivity contribution >= 4 is 17.7 Å². The Morgan fingerprint density at radius 2 is 1.81 bits per heavy atom. The molecule has 1 aromatic rings. The van der Waals surface area contributed by atoms with Gasteiger partial charge < -0.3 is 5.73 Å². The van der Waals surface area contributed by atoms with Crippen molar-refractivity contribution in [2.24, 2.45) is 5.92 Å². The number of thioether (sulfide) groups is 1. The summed E-state index contributed by atoms with van der Waals surface area (Å²) in [6.07, 6.45) is 0. The molecule has 0 atom stereocenters. The van der Waals surface area contributed by atoms with Crippen molar-refractivity contribution < 1.29 is 0 Å². The zero-order valence-corrected chi connectivity index (χ0v) is 11.2. The Bertz CT molecular complexity index is 339. The molecule has 16 heavy (non-hydrogen) atoms. The number of hydrogen-bond acceptors (Lipinski definition) is 5. The van der Waals surface area contributed by atoms with Gasteiger partial charge in [-0.3, -0.25) is 0 Å². The topological polar surface area (TPSA) is 64.7 Å². The first kappa shape index (κ1) is 13.2. The summed E-state index contributed by atoms with van der Waals surface area (Å²) in [6.45, 7) is 8.52. The molecule has 2 N–H and O–H groups in total. The molecule has 0 saturated carbocycles. The van der Waals surface area contributed by atoms with E-state index >= 15 is 0 Å². The summed E-state index contributed by atoms with van der Waals surface area (Å²) >= 11 is 1.84. The number of nitrogen functional groups attached to an aromatic ring is 1. The molecule has 0 aliphatic rings. The summed E-state index contributed by atoms with van der Waals surface area (Å²) < 4.78 is 0. The van der Waals surface area contributed by atoms with Crippen LogP contribution in [0.4, 0.5) is 5.95 Å². The zero-order valence-electron chi connectivity index (χ0n) is 10.4. The molecule has 0 bridgehead atoms. The lowest BCUT2D eigenvalue weighted by Gasteiger charge is -2.07. The van der Waals surface area contributed by atoms with Crippen molar-refractivity contribution in [3.8, 4) is 0 Å². The summed E-state index contributed by atoms with van der Waals surface area (Å²) in [6, 6.07) is 0. The minimum Gasteiger partial charge on any atom is -0.368 e. The van der Waals surface area contributed by atoms with Crippen LogP contribution in [0.25, 0.3) is 0 Å². The number of aromatic nitrogens is 3. The van der Waals surface area contributed by atoms with Crippen LogP contribution < -0.4 is 5.73 Å². The zero-order chi connectivity index (χ0) is 12.1. The molecular weight excluding hydrogens is 220 g/mol. The summed E-state index contributed by atoms with van der Waals surface area (Å²) in [5.74, 6) is 4.81. The van der Waals surface area contributed by atoms with Crippen molar-refractivity contribution in [1.82, 2.24) is 15.0 Å². The highest BCUT2D eigenvalue weighted by atomic mass is 32.2. The molecule has 1 aromatic heterocycles. The van der Waals surface area contributed by atoms with Crippen LogP contribution in [0.2, 0.25) is 0 Å². The first-order chi connectivity index (χ1) is 7.49. The summed E-state index contributed by atoms with van der Waals surface area (Å²) in [5, 5.41) is 0. The first-order valence-electron chi connectivity index (χ1n) is 5.57. The van der Waals surface area contributed by atoms with Crippen molar-refractivity contribution in [3.63, 3.8) is 0 Å². The lowest BCUT2D eigenvalue weighted by molar-refractivity contribution is 0.743. The van der Waals surface area contributed by atoms with Gasteiger partial charge in [0.15, 0.2) is 0 Å². The highest BCUT2D eigenvalue weighted by Crippen LogP contribution is 2.15. The molecule has 1 rings (SSSR count). The Labute approximate surface area is 101 Å². The van der Waals surface area contributed by atoms with Crippen molar-refractivity contribution in [2.45, 2.75) is 39.4 Å². The smallest absolute Gasteiger partial charge is 0.223 e. The maximum absolute atomic E-state index is 5.66. The number of nitrogens with two attached hydrogens (primary N) is 1. The number of nitrogens with zero attached hydrogens (tertiary/aromatic N) is 3. The highest BCUT2D eigenvalue weighted by Gasteiger charge is 2.08. The van der Waals surface area contributed by atoms with Gasteiger partial charge >= 0.3 is 0 Å². The third kappa shape index (κ3) is 4.35. The predicted octanol–water partition coefficient (Wildman–Crippen LogP) is 2.47. The van der Waals surface area contributed by atoms with Gasteiger partial charge in [-0.25, -0.2) is 4.98 Å². The fourth-order valence-electron chi connectivity index (χ4n) is 1.17. The molecule has 5 heteroatoms. The molecule has 0 aromatic carbocycles. The van der Waals surface area contributed by atoms with Gasteiger partial charge in [-0.1, -0.05) is 27.7 Å². The Morgan fingerprint density at radius 3 is 2.38 bits per heavy atom. The van der Waals surface area contributed by atoms with Gasteiger partial charge in [0.05, 0.1) is 5.75 Å². The van der Waals surface area contributed by atoms with E-state index in [1.165, 1.54) is 0 Å². The first-order valence-corrected chi connectivity index (χ1v) is 6.72. The van der Waals surface area contributed by atoms with Crippen molar-refractivity contribution in [2.75, 3.05) is 11.5 Å². The maximum Gasteiger partial charge on any atom is 0.223 e. The van der Waals surface area contributed by atoms with E-state index in [-0.39, 0.29) is 0 Å². The predicted molar refractivity (Wildman–Crippen MR) is 69.3 cm³/mol. The number of hydrogen-bond donors (Lipinski definition) is 1. The van der Waals surface area contributed by atoms with Crippen LogP contribution in [-0.2, 0) is 5.75 Å². The van der Waals surface area contributed by atoms with E-state index < -0.39 is 0 Å². The van der Waals surface area contributed by atoms with E-state index in [0.717, 1.165) is 23.2 Å². The summed E-state index contributed by atoms with van der Waals surface area (Å²) in [5.41, 5.74) is 5.66.